The van der Waals surface area contributed by atoms with Gasteiger partial charge in [0.2, 0.25) is 5.91 Å². The third kappa shape index (κ3) is 4.75. The van der Waals surface area contributed by atoms with E-state index in [-0.39, 0.29) is 17.9 Å². The van der Waals surface area contributed by atoms with Crippen molar-refractivity contribution < 1.29 is 9.90 Å². The second-order valence-corrected chi connectivity index (χ2v) is 6.86. The Balaban J connectivity index is 1.79. The molecule has 0 radical (unpaired) electrons. The second-order valence-electron chi connectivity index (χ2n) is 5.81. The second kappa shape index (κ2) is 8.21. The van der Waals surface area contributed by atoms with Gasteiger partial charge in [0, 0.05) is 24.4 Å². The molecule has 2 atom stereocenters. The Hall–Kier alpha value is -1.51. The predicted octanol–water partition coefficient (Wildman–Crippen LogP) is 2.66. The molecule has 1 saturated carbocycles. The number of hydrogen-bond donors (Lipinski definition) is 1. The molecular formula is C17H22N2O2S. The van der Waals surface area contributed by atoms with Crippen LogP contribution in [0, 0.1) is 17.2 Å². The van der Waals surface area contributed by atoms with Crippen LogP contribution in [0.15, 0.2) is 29.2 Å². The molecule has 0 heterocycles. The van der Waals surface area contributed by atoms with Gasteiger partial charge >= 0.3 is 0 Å². The molecule has 0 saturated heterocycles. The largest absolute Gasteiger partial charge is 0.393 e. The van der Waals surface area contributed by atoms with Crippen molar-refractivity contribution in [3.05, 3.63) is 29.8 Å². The first-order chi connectivity index (χ1) is 10.6. The van der Waals surface area contributed by atoms with Gasteiger partial charge in [0.05, 0.1) is 23.5 Å². The number of amides is 1. The van der Waals surface area contributed by atoms with Gasteiger partial charge in [-0.2, -0.15) is 5.26 Å². The van der Waals surface area contributed by atoms with Gasteiger partial charge in [0.1, 0.15) is 0 Å². The molecule has 1 aromatic rings. The molecule has 4 nitrogen and oxygen atoms in total. The maximum atomic E-state index is 12.2. The number of aliphatic hydroxyl groups excluding tert-OH is 1. The van der Waals surface area contributed by atoms with Crippen molar-refractivity contribution in [2.45, 2.75) is 36.7 Å². The Kier molecular flexibility index (Phi) is 6.29. The summed E-state index contributed by atoms with van der Waals surface area (Å²) in [6.07, 6.45) is 3.82. The summed E-state index contributed by atoms with van der Waals surface area (Å²) in [6.45, 7) is 0.633. The van der Waals surface area contributed by atoms with Gasteiger partial charge in [0.25, 0.3) is 0 Å². The van der Waals surface area contributed by atoms with E-state index in [1.165, 1.54) is 11.8 Å². The van der Waals surface area contributed by atoms with Crippen LogP contribution in [-0.2, 0) is 4.79 Å². The van der Waals surface area contributed by atoms with Crippen LogP contribution < -0.4 is 0 Å². The highest BCUT2D eigenvalue weighted by Gasteiger charge is 2.25. The first-order valence-electron chi connectivity index (χ1n) is 7.65. The first kappa shape index (κ1) is 16.9. The van der Waals surface area contributed by atoms with E-state index in [1.54, 1.807) is 17.0 Å². The number of aliphatic hydroxyl groups is 1. The van der Waals surface area contributed by atoms with E-state index < -0.39 is 0 Å². The van der Waals surface area contributed by atoms with Crippen molar-refractivity contribution in [1.82, 2.24) is 4.90 Å². The van der Waals surface area contributed by atoms with Gasteiger partial charge in [-0.25, -0.2) is 0 Å². The zero-order valence-electron chi connectivity index (χ0n) is 12.9. The number of carbonyl (C=O) groups excluding carboxylic acids is 1. The minimum atomic E-state index is -0.268. The van der Waals surface area contributed by atoms with Crippen LogP contribution in [0.3, 0.4) is 0 Å². The number of nitriles is 1. The van der Waals surface area contributed by atoms with E-state index in [0.717, 1.165) is 30.6 Å². The number of hydrogen-bond acceptors (Lipinski definition) is 4. The van der Waals surface area contributed by atoms with Crippen LogP contribution in [0.25, 0.3) is 0 Å². The minimum Gasteiger partial charge on any atom is -0.393 e. The van der Waals surface area contributed by atoms with Crippen molar-refractivity contribution in [3.63, 3.8) is 0 Å². The van der Waals surface area contributed by atoms with E-state index in [2.05, 4.69) is 6.07 Å². The van der Waals surface area contributed by atoms with Crippen LogP contribution >= 0.6 is 11.8 Å². The highest BCUT2D eigenvalue weighted by Crippen LogP contribution is 2.25. The molecule has 22 heavy (non-hydrogen) atoms. The van der Waals surface area contributed by atoms with Crippen molar-refractivity contribution in [3.8, 4) is 6.07 Å². The number of carbonyl (C=O) groups is 1. The number of rotatable bonds is 5. The maximum absolute atomic E-state index is 12.2. The minimum absolute atomic E-state index is 0.0760. The fourth-order valence-electron chi connectivity index (χ4n) is 2.74. The van der Waals surface area contributed by atoms with Gasteiger partial charge in [0.15, 0.2) is 0 Å². The van der Waals surface area contributed by atoms with Crippen LogP contribution in [0.4, 0.5) is 0 Å². The lowest BCUT2D eigenvalue weighted by Crippen LogP contribution is -2.38. The molecule has 1 amide bonds. The molecule has 0 spiro atoms. The van der Waals surface area contributed by atoms with E-state index in [9.17, 15) is 9.90 Å². The lowest BCUT2D eigenvalue weighted by Gasteiger charge is -2.31. The van der Waals surface area contributed by atoms with Gasteiger partial charge in [-0.1, -0.05) is 12.8 Å². The molecule has 1 aliphatic carbocycles. The molecule has 2 unspecified atom stereocenters. The molecule has 0 aliphatic heterocycles. The summed E-state index contributed by atoms with van der Waals surface area (Å²) in [5.41, 5.74) is 0.624. The van der Waals surface area contributed by atoms with Gasteiger partial charge in [-0.15, -0.1) is 11.8 Å². The van der Waals surface area contributed by atoms with Crippen LogP contribution in [0.1, 0.15) is 31.2 Å². The number of nitrogens with zero attached hydrogens (tertiary/aromatic N) is 2. The first-order valence-corrected chi connectivity index (χ1v) is 8.63. The summed E-state index contributed by atoms with van der Waals surface area (Å²) in [6, 6.07) is 9.32. The summed E-state index contributed by atoms with van der Waals surface area (Å²) in [4.78, 5) is 14.9. The fraction of sp³-hybridized carbons (Fsp3) is 0.529. The van der Waals surface area contributed by atoms with Crippen LogP contribution in [-0.4, -0.2) is 41.4 Å². The summed E-state index contributed by atoms with van der Waals surface area (Å²) in [5, 5.41) is 18.7. The molecule has 5 heteroatoms. The normalized spacial score (nSPS) is 21.1. The van der Waals surface area contributed by atoms with E-state index in [1.807, 2.05) is 19.2 Å². The van der Waals surface area contributed by atoms with Crippen molar-refractivity contribution in [2.24, 2.45) is 5.92 Å². The molecule has 2 rings (SSSR count). The van der Waals surface area contributed by atoms with Crippen molar-refractivity contribution in [1.29, 1.82) is 5.26 Å². The predicted molar refractivity (Wildman–Crippen MR) is 87.5 cm³/mol. The summed E-state index contributed by atoms with van der Waals surface area (Å²) in [7, 11) is 1.81. The standard InChI is InChI=1S/C17H22N2O2S/c1-19(11-14-4-2-3-5-16(14)20)17(21)12-22-15-8-6-13(10-18)7-9-15/h6-9,14,16,20H,2-5,11-12H2,1H3. The summed E-state index contributed by atoms with van der Waals surface area (Å²) < 4.78 is 0. The third-order valence-electron chi connectivity index (χ3n) is 4.15. The molecule has 1 aromatic carbocycles. The Labute approximate surface area is 136 Å². The Morgan fingerprint density at radius 3 is 2.68 bits per heavy atom. The summed E-state index contributed by atoms with van der Waals surface area (Å²) in [5.74, 6) is 0.667. The average molecular weight is 318 g/mol. The Morgan fingerprint density at radius 2 is 2.05 bits per heavy atom. The van der Waals surface area contributed by atoms with Crippen LogP contribution in [0.5, 0.6) is 0 Å². The average Bonchev–Trinajstić information content (AvgIpc) is 2.55. The van der Waals surface area contributed by atoms with Gasteiger partial charge < -0.3 is 10.0 Å². The van der Waals surface area contributed by atoms with Crippen LogP contribution in [0.2, 0.25) is 0 Å². The van der Waals surface area contributed by atoms with Gasteiger partial charge in [-0.3, -0.25) is 4.79 Å². The lowest BCUT2D eigenvalue weighted by atomic mass is 9.86. The highest BCUT2D eigenvalue weighted by atomic mass is 32.2. The maximum Gasteiger partial charge on any atom is 0.232 e. The molecule has 1 aliphatic rings. The Bertz CT molecular complexity index is 539. The van der Waals surface area contributed by atoms with Gasteiger partial charge in [-0.05, 0) is 37.1 Å². The van der Waals surface area contributed by atoms with Crippen molar-refractivity contribution >= 4 is 17.7 Å². The van der Waals surface area contributed by atoms with Crippen molar-refractivity contribution in [2.75, 3.05) is 19.3 Å². The van der Waals surface area contributed by atoms with E-state index in [0.29, 0.717) is 17.9 Å². The topological polar surface area (TPSA) is 64.3 Å². The molecule has 1 fully saturated rings. The smallest absolute Gasteiger partial charge is 0.232 e. The zero-order valence-corrected chi connectivity index (χ0v) is 13.7. The quantitative estimate of drug-likeness (QED) is 0.848. The molecule has 0 aromatic heterocycles. The third-order valence-corrected chi connectivity index (χ3v) is 5.15. The zero-order chi connectivity index (χ0) is 15.9. The molecule has 1 N–H and O–H groups in total. The Morgan fingerprint density at radius 1 is 1.36 bits per heavy atom. The summed E-state index contributed by atoms with van der Waals surface area (Å²) >= 11 is 1.48. The van der Waals surface area contributed by atoms with E-state index >= 15 is 0 Å². The molecule has 0 bridgehead atoms. The van der Waals surface area contributed by atoms with E-state index in [4.69, 9.17) is 5.26 Å². The lowest BCUT2D eigenvalue weighted by molar-refractivity contribution is -0.128. The number of benzene rings is 1. The SMILES string of the molecule is CN(CC1CCCCC1O)C(=O)CSc1ccc(C#N)cc1. The molecule has 118 valence electrons. The highest BCUT2D eigenvalue weighted by molar-refractivity contribution is 8.00. The monoisotopic (exact) mass is 318 g/mol. The fourth-order valence-corrected chi connectivity index (χ4v) is 3.57. The number of thioether (sulfide) groups is 1. The molecular weight excluding hydrogens is 296 g/mol.